The van der Waals surface area contributed by atoms with E-state index in [4.69, 9.17) is 5.11 Å². The molecule has 0 aliphatic heterocycles. The molecule has 2 amide bonds. The Kier molecular flexibility index (Phi) is 5.58. The number of alkyl halides is 2. The van der Waals surface area contributed by atoms with Crippen LogP contribution in [0, 0.1) is 0 Å². The second-order valence-electron chi connectivity index (χ2n) is 3.12. The predicted molar refractivity (Wildman–Crippen MR) is 48.9 cm³/mol. The molecule has 0 aliphatic carbocycles. The van der Waals surface area contributed by atoms with Crippen molar-refractivity contribution in [2.24, 2.45) is 0 Å². The third kappa shape index (κ3) is 5.82. The largest absolute Gasteiger partial charge is 0.481 e. The highest BCUT2D eigenvalue weighted by atomic mass is 19.3. The fourth-order valence-corrected chi connectivity index (χ4v) is 0.936. The number of urea groups is 1. The van der Waals surface area contributed by atoms with Gasteiger partial charge in [0.1, 0.15) is 0 Å². The van der Waals surface area contributed by atoms with Gasteiger partial charge < -0.3 is 14.9 Å². The standard InChI is InChI=1S/C8H14F2N2O3/c1-11(4-3-7(13)14)8(15)12(2)5-6(9)10/h6H,3-5H2,1-2H3,(H,13,14). The molecule has 0 radical (unpaired) electrons. The summed E-state index contributed by atoms with van der Waals surface area (Å²) in [4.78, 5) is 23.5. The lowest BCUT2D eigenvalue weighted by molar-refractivity contribution is -0.137. The number of nitrogens with zero attached hydrogens (tertiary/aromatic N) is 2. The second kappa shape index (κ2) is 6.15. The van der Waals surface area contributed by atoms with Crippen LogP contribution in [0.2, 0.25) is 0 Å². The maximum Gasteiger partial charge on any atom is 0.319 e. The van der Waals surface area contributed by atoms with Crippen molar-refractivity contribution in [1.82, 2.24) is 9.80 Å². The van der Waals surface area contributed by atoms with E-state index in [0.29, 0.717) is 0 Å². The first-order valence-corrected chi connectivity index (χ1v) is 4.30. The average molecular weight is 224 g/mol. The molecule has 0 fully saturated rings. The monoisotopic (exact) mass is 224 g/mol. The molecule has 5 nitrogen and oxygen atoms in total. The lowest BCUT2D eigenvalue weighted by Crippen LogP contribution is -2.41. The number of rotatable bonds is 5. The molecule has 0 spiro atoms. The molecule has 0 unspecified atom stereocenters. The van der Waals surface area contributed by atoms with Gasteiger partial charge in [0, 0.05) is 20.6 Å². The van der Waals surface area contributed by atoms with Crippen LogP contribution in [0.3, 0.4) is 0 Å². The van der Waals surface area contributed by atoms with Gasteiger partial charge in [0.25, 0.3) is 6.43 Å². The average Bonchev–Trinajstić information content (AvgIpc) is 2.11. The number of carboxylic acid groups (broad SMARTS) is 1. The summed E-state index contributed by atoms with van der Waals surface area (Å²) in [6, 6.07) is -0.614. The van der Waals surface area contributed by atoms with Crippen LogP contribution in [-0.2, 0) is 4.79 Å². The number of halogens is 2. The molecule has 0 rings (SSSR count). The van der Waals surface area contributed by atoms with Gasteiger partial charge in [-0.1, -0.05) is 0 Å². The minimum atomic E-state index is -2.59. The number of aliphatic carboxylic acids is 1. The highest BCUT2D eigenvalue weighted by Gasteiger charge is 2.17. The van der Waals surface area contributed by atoms with E-state index in [2.05, 4.69) is 0 Å². The molecule has 0 aromatic heterocycles. The molecule has 0 aromatic rings. The van der Waals surface area contributed by atoms with Crippen molar-refractivity contribution in [3.63, 3.8) is 0 Å². The Morgan fingerprint density at radius 3 is 2.20 bits per heavy atom. The Morgan fingerprint density at radius 2 is 1.80 bits per heavy atom. The molecule has 88 valence electrons. The van der Waals surface area contributed by atoms with Crippen molar-refractivity contribution in [3.05, 3.63) is 0 Å². The van der Waals surface area contributed by atoms with E-state index >= 15 is 0 Å². The van der Waals surface area contributed by atoms with E-state index in [-0.39, 0.29) is 13.0 Å². The summed E-state index contributed by atoms with van der Waals surface area (Å²) in [7, 11) is 2.61. The molecule has 0 heterocycles. The summed E-state index contributed by atoms with van der Waals surface area (Å²) >= 11 is 0. The second-order valence-corrected chi connectivity index (χ2v) is 3.12. The zero-order valence-electron chi connectivity index (χ0n) is 8.61. The minimum Gasteiger partial charge on any atom is -0.481 e. The lowest BCUT2D eigenvalue weighted by Gasteiger charge is -2.24. The molecule has 0 saturated carbocycles. The molecule has 0 saturated heterocycles. The van der Waals surface area contributed by atoms with Gasteiger partial charge in [-0.05, 0) is 0 Å². The van der Waals surface area contributed by atoms with Gasteiger partial charge in [-0.2, -0.15) is 0 Å². The predicted octanol–water partition coefficient (Wildman–Crippen LogP) is 0.710. The van der Waals surface area contributed by atoms with Crippen LogP contribution < -0.4 is 0 Å². The van der Waals surface area contributed by atoms with Gasteiger partial charge in [0.05, 0.1) is 13.0 Å². The van der Waals surface area contributed by atoms with Crippen molar-refractivity contribution in [3.8, 4) is 0 Å². The fraction of sp³-hybridized carbons (Fsp3) is 0.750. The number of carbonyl (C=O) groups is 2. The maximum atomic E-state index is 11.9. The maximum absolute atomic E-state index is 11.9. The summed E-state index contributed by atoms with van der Waals surface area (Å²) in [6.45, 7) is -0.655. The first kappa shape index (κ1) is 13.6. The fourth-order valence-electron chi connectivity index (χ4n) is 0.936. The van der Waals surface area contributed by atoms with E-state index in [9.17, 15) is 18.4 Å². The van der Waals surface area contributed by atoms with E-state index in [1.165, 1.54) is 14.1 Å². The lowest BCUT2D eigenvalue weighted by atomic mass is 10.4. The van der Waals surface area contributed by atoms with Gasteiger partial charge in [0.15, 0.2) is 0 Å². The Balaban J connectivity index is 4.01. The highest BCUT2D eigenvalue weighted by molar-refractivity contribution is 5.75. The third-order valence-corrected chi connectivity index (χ3v) is 1.73. The smallest absolute Gasteiger partial charge is 0.319 e. The Hall–Kier alpha value is -1.40. The molecule has 0 aromatic carbocycles. The van der Waals surface area contributed by atoms with Crippen LogP contribution in [-0.4, -0.2) is 60.5 Å². The molecule has 1 N–H and O–H groups in total. The quantitative estimate of drug-likeness (QED) is 0.748. The summed E-state index contributed by atoms with van der Waals surface area (Å²) in [5.41, 5.74) is 0. The first-order chi connectivity index (χ1) is 6.84. The van der Waals surface area contributed by atoms with Crippen LogP contribution in [0.5, 0.6) is 0 Å². The molecular weight excluding hydrogens is 210 g/mol. The molecule has 0 aliphatic rings. The van der Waals surface area contributed by atoms with E-state index in [0.717, 1.165) is 9.80 Å². The molecular formula is C8H14F2N2O3. The number of hydrogen-bond donors (Lipinski definition) is 1. The van der Waals surface area contributed by atoms with E-state index < -0.39 is 25.0 Å². The van der Waals surface area contributed by atoms with Gasteiger partial charge >= 0.3 is 12.0 Å². The summed E-state index contributed by atoms with van der Waals surface area (Å²) in [5, 5.41) is 8.36. The third-order valence-electron chi connectivity index (χ3n) is 1.73. The molecule has 0 bridgehead atoms. The van der Waals surface area contributed by atoms with Crippen molar-refractivity contribution in [1.29, 1.82) is 0 Å². The van der Waals surface area contributed by atoms with E-state index in [1.54, 1.807) is 0 Å². The molecule has 0 atom stereocenters. The highest BCUT2D eigenvalue weighted by Crippen LogP contribution is 2.00. The van der Waals surface area contributed by atoms with Gasteiger partial charge in [-0.25, -0.2) is 13.6 Å². The van der Waals surface area contributed by atoms with Gasteiger partial charge in [-0.15, -0.1) is 0 Å². The molecule has 7 heteroatoms. The Morgan fingerprint density at radius 1 is 1.27 bits per heavy atom. The van der Waals surface area contributed by atoms with Crippen LogP contribution >= 0.6 is 0 Å². The van der Waals surface area contributed by atoms with E-state index in [1.807, 2.05) is 0 Å². The topological polar surface area (TPSA) is 60.9 Å². The summed E-state index contributed by atoms with van der Waals surface area (Å²) in [5.74, 6) is -1.04. The zero-order valence-corrected chi connectivity index (χ0v) is 8.61. The number of carboxylic acids is 1. The normalized spacial score (nSPS) is 10.2. The zero-order chi connectivity index (χ0) is 12.0. The minimum absolute atomic E-state index is 0.00173. The van der Waals surface area contributed by atoms with Crippen molar-refractivity contribution in [2.75, 3.05) is 27.2 Å². The SMILES string of the molecule is CN(CCC(=O)O)C(=O)N(C)CC(F)F. The number of carbonyl (C=O) groups excluding carboxylic acids is 1. The van der Waals surface area contributed by atoms with Gasteiger partial charge in [0.2, 0.25) is 0 Å². The first-order valence-electron chi connectivity index (χ1n) is 4.30. The van der Waals surface area contributed by atoms with Crippen molar-refractivity contribution >= 4 is 12.0 Å². The van der Waals surface area contributed by atoms with Crippen LogP contribution in [0.25, 0.3) is 0 Å². The van der Waals surface area contributed by atoms with Crippen molar-refractivity contribution < 1.29 is 23.5 Å². The van der Waals surface area contributed by atoms with Gasteiger partial charge in [-0.3, -0.25) is 4.79 Å². The summed E-state index contributed by atoms with van der Waals surface area (Å²) in [6.07, 6.45) is -2.79. The number of amides is 2. The number of hydrogen-bond acceptors (Lipinski definition) is 2. The van der Waals surface area contributed by atoms with Crippen LogP contribution in [0.1, 0.15) is 6.42 Å². The van der Waals surface area contributed by atoms with Crippen LogP contribution in [0.15, 0.2) is 0 Å². The van der Waals surface area contributed by atoms with Crippen LogP contribution in [0.4, 0.5) is 13.6 Å². The van der Waals surface area contributed by atoms with Crippen molar-refractivity contribution in [2.45, 2.75) is 12.8 Å². The Labute approximate surface area is 86.3 Å². The molecule has 15 heavy (non-hydrogen) atoms. The Bertz CT molecular complexity index is 236. The summed E-state index contributed by atoms with van der Waals surface area (Å²) < 4.78 is 23.8.